The normalized spacial score (nSPS) is 10.2. The molecule has 0 spiro atoms. The van der Waals surface area contributed by atoms with E-state index in [0.29, 0.717) is 15.7 Å². The molecule has 0 atom stereocenters. The SMILES string of the molecule is Cc1cccc(Oc2ncc(N)cc2Br)c1[N+](=O)[O-]. The van der Waals surface area contributed by atoms with Crippen molar-refractivity contribution in [1.29, 1.82) is 0 Å². The van der Waals surface area contributed by atoms with Crippen LogP contribution in [-0.2, 0) is 0 Å². The van der Waals surface area contributed by atoms with E-state index in [9.17, 15) is 10.1 Å². The first-order chi connectivity index (χ1) is 8.99. The number of nitrogen functional groups attached to an aromatic ring is 1. The van der Waals surface area contributed by atoms with Crippen LogP contribution in [0.4, 0.5) is 11.4 Å². The molecule has 6 nitrogen and oxygen atoms in total. The summed E-state index contributed by atoms with van der Waals surface area (Å²) >= 11 is 3.25. The number of halogens is 1. The molecule has 0 fully saturated rings. The van der Waals surface area contributed by atoms with Crippen LogP contribution in [-0.4, -0.2) is 9.91 Å². The predicted molar refractivity (Wildman–Crippen MR) is 74.3 cm³/mol. The number of aryl methyl sites for hydroxylation is 1. The van der Waals surface area contributed by atoms with Crippen LogP contribution in [0.1, 0.15) is 5.56 Å². The Balaban J connectivity index is 2.44. The van der Waals surface area contributed by atoms with Gasteiger partial charge >= 0.3 is 5.69 Å². The Morgan fingerprint density at radius 2 is 2.21 bits per heavy atom. The Morgan fingerprint density at radius 1 is 1.47 bits per heavy atom. The average Bonchev–Trinajstić information content (AvgIpc) is 2.32. The topological polar surface area (TPSA) is 91.3 Å². The number of benzene rings is 1. The van der Waals surface area contributed by atoms with E-state index in [1.807, 2.05) is 0 Å². The van der Waals surface area contributed by atoms with Crippen LogP contribution in [0.3, 0.4) is 0 Å². The summed E-state index contributed by atoms with van der Waals surface area (Å²) in [6.45, 7) is 1.65. The van der Waals surface area contributed by atoms with Gasteiger partial charge in [0, 0.05) is 5.56 Å². The molecule has 0 bridgehead atoms. The zero-order chi connectivity index (χ0) is 14.0. The fourth-order valence-electron chi connectivity index (χ4n) is 1.57. The number of rotatable bonds is 3. The number of hydrogen-bond acceptors (Lipinski definition) is 5. The van der Waals surface area contributed by atoms with E-state index < -0.39 is 4.92 Å². The Bertz CT molecular complexity index is 646. The van der Waals surface area contributed by atoms with Gasteiger partial charge in [0.15, 0.2) is 0 Å². The zero-order valence-electron chi connectivity index (χ0n) is 9.96. The van der Waals surface area contributed by atoms with Gasteiger partial charge in [-0.15, -0.1) is 0 Å². The van der Waals surface area contributed by atoms with Crippen LogP contribution in [0.25, 0.3) is 0 Å². The third kappa shape index (κ3) is 2.82. The zero-order valence-corrected chi connectivity index (χ0v) is 11.5. The van der Waals surface area contributed by atoms with Crippen molar-refractivity contribution in [2.24, 2.45) is 0 Å². The second kappa shape index (κ2) is 5.23. The van der Waals surface area contributed by atoms with E-state index in [4.69, 9.17) is 10.5 Å². The van der Waals surface area contributed by atoms with Gasteiger partial charge in [-0.25, -0.2) is 4.98 Å². The maximum atomic E-state index is 11.0. The summed E-state index contributed by atoms with van der Waals surface area (Å²) in [5.41, 5.74) is 6.48. The van der Waals surface area contributed by atoms with Crippen LogP contribution in [0.5, 0.6) is 11.6 Å². The molecule has 98 valence electrons. The second-order valence-corrected chi connectivity index (χ2v) is 4.69. The summed E-state index contributed by atoms with van der Waals surface area (Å²) in [4.78, 5) is 14.6. The van der Waals surface area contributed by atoms with Crippen LogP contribution in [0.15, 0.2) is 34.9 Å². The highest BCUT2D eigenvalue weighted by Crippen LogP contribution is 2.35. The number of pyridine rings is 1. The van der Waals surface area contributed by atoms with E-state index in [0.717, 1.165) is 0 Å². The third-order valence-electron chi connectivity index (χ3n) is 2.42. The van der Waals surface area contributed by atoms with E-state index in [2.05, 4.69) is 20.9 Å². The van der Waals surface area contributed by atoms with Gasteiger partial charge < -0.3 is 10.5 Å². The molecule has 2 rings (SSSR count). The lowest BCUT2D eigenvalue weighted by molar-refractivity contribution is -0.386. The Morgan fingerprint density at radius 3 is 2.84 bits per heavy atom. The van der Waals surface area contributed by atoms with Crippen LogP contribution >= 0.6 is 15.9 Å². The van der Waals surface area contributed by atoms with Gasteiger partial charge in [-0.1, -0.05) is 12.1 Å². The molecule has 0 saturated carbocycles. The molecule has 2 aromatic rings. The lowest BCUT2D eigenvalue weighted by Gasteiger charge is -2.08. The van der Waals surface area contributed by atoms with Gasteiger partial charge in [-0.05, 0) is 35.0 Å². The smallest absolute Gasteiger partial charge is 0.314 e. The highest BCUT2D eigenvalue weighted by atomic mass is 79.9. The fourth-order valence-corrected chi connectivity index (χ4v) is 2.02. The molecule has 0 radical (unpaired) electrons. The number of hydrogen-bond donors (Lipinski definition) is 1. The van der Waals surface area contributed by atoms with Crippen molar-refractivity contribution in [3.63, 3.8) is 0 Å². The van der Waals surface area contributed by atoms with Gasteiger partial charge in [0.25, 0.3) is 0 Å². The molecule has 0 aliphatic heterocycles. The van der Waals surface area contributed by atoms with Crippen LogP contribution < -0.4 is 10.5 Å². The number of para-hydroxylation sites is 1. The van der Waals surface area contributed by atoms with Crippen LogP contribution in [0.2, 0.25) is 0 Å². The minimum absolute atomic E-state index is 0.0759. The van der Waals surface area contributed by atoms with Crippen molar-refractivity contribution in [2.75, 3.05) is 5.73 Å². The molecule has 0 unspecified atom stereocenters. The maximum Gasteiger partial charge on any atom is 0.314 e. The van der Waals surface area contributed by atoms with Crippen molar-refractivity contribution in [3.8, 4) is 11.6 Å². The van der Waals surface area contributed by atoms with E-state index in [1.54, 1.807) is 25.1 Å². The summed E-state index contributed by atoms with van der Waals surface area (Å²) in [6.07, 6.45) is 1.42. The summed E-state index contributed by atoms with van der Waals surface area (Å²) in [5.74, 6) is 0.367. The van der Waals surface area contributed by atoms with Crippen LogP contribution in [0, 0.1) is 17.0 Å². The molecule has 0 saturated heterocycles. The largest absolute Gasteiger partial charge is 0.431 e. The summed E-state index contributed by atoms with van der Waals surface area (Å²) in [7, 11) is 0. The molecule has 1 aromatic carbocycles. The Labute approximate surface area is 117 Å². The van der Waals surface area contributed by atoms with E-state index >= 15 is 0 Å². The first kappa shape index (κ1) is 13.3. The molecule has 7 heteroatoms. The number of anilines is 1. The quantitative estimate of drug-likeness (QED) is 0.690. The minimum atomic E-state index is -0.476. The van der Waals surface area contributed by atoms with Crippen molar-refractivity contribution >= 4 is 27.3 Å². The molecular weight excluding hydrogens is 314 g/mol. The highest BCUT2D eigenvalue weighted by Gasteiger charge is 2.19. The standard InChI is InChI=1S/C12H10BrN3O3/c1-7-3-2-4-10(11(7)16(17)18)19-12-9(13)5-8(14)6-15-12/h2-6H,14H2,1H3. The minimum Gasteiger partial charge on any atom is -0.431 e. The van der Waals surface area contributed by atoms with Crippen molar-refractivity contribution in [3.05, 3.63) is 50.6 Å². The molecule has 1 heterocycles. The number of nitro benzene ring substituents is 1. The number of nitrogens with two attached hydrogens (primary N) is 1. The molecular formula is C12H10BrN3O3. The lowest BCUT2D eigenvalue weighted by Crippen LogP contribution is -1.98. The monoisotopic (exact) mass is 323 g/mol. The van der Waals surface area contributed by atoms with E-state index in [1.165, 1.54) is 12.3 Å². The Kier molecular flexibility index (Phi) is 3.66. The predicted octanol–water partition coefficient (Wildman–Crippen LogP) is 3.44. The number of nitro groups is 1. The van der Waals surface area contributed by atoms with Crippen molar-refractivity contribution < 1.29 is 9.66 Å². The average molecular weight is 324 g/mol. The third-order valence-corrected chi connectivity index (χ3v) is 2.99. The van der Waals surface area contributed by atoms with Crippen molar-refractivity contribution in [2.45, 2.75) is 6.92 Å². The fraction of sp³-hybridized carbons (Fsp3) is 0.0833. The number of ether oxygens (including phenoxy) is 1. The summed E-state index contributed by atoms with van der Waals surface area (Å²) in [5, 5.41) is 11.0. The molecule has 1 aromatic heterocycles. The van der Waals surface area contributed by atoms with Gasteiger partial charge in [-0.3, -0.25) is 10.1 Å². The molecule has 0 aliphatic rings. The molecule has 0 aliphatic carbocycles. The van der Waals surface area contributed by atoms with Gasteiger partial charge in [-0.2, -0.15) is 0 Å². The Hall–Kier alpha value is -2.15. The van der Waals surface area contributed by atoms with Gasteiger partial charge in [0.05, 0.1) is 21.3 Å². The summed E-state index contributed by atoms with van der Waals surface area (Å²) < 4.78 is 6.01. The first-order valence-corrected chi connectivity index (χ1v) is 6.11. The first-order valence-electron chi connectivity index (χ1n) is 5.32. The highest BCUT2D eigenvalue weighted by molar-refractivity contribution is 9.10. The van der Waals surface area contributed by atoms with Crippen molar-refractivity contribution in [1.82, 2.24) is 4.98 Å². The lowest BCUT2D eigenvalue weighted by atomic mass is 10.2. The van der Waals surface area contributed by atoms with Gasteiger partial charge in [0.1, 0.15) is 0 Å². The summed E-state index contributed by atoms with van der Waals surface area (Å²) in [6, 6.07) is 6.47. The molecule has 19 heavy (non-hydrogen) atoms. The number of aromatic nitrogens is 1. The molecule has 2 N–H and O–H groups in total. The molecule has 0 amide bonds. The maximum absolute atomic E-state index is 11.0. The van der Waals surface area contributed by atoms with E-state index in [-0.39, 0.29) is 17.3 Å². The van der Waals surface area contributed by atoms with Gasteiger partial charge in [0.2, 0.25) is 11.6 Å². The number of nitrogens with zero attached hydrogens (tertiary/aromatic N) is 2. The second-order valence-electron chi connectivity index (χ2n) is 3.84.